The maximum Gasteiger partial charge on any atom is 0.269 e. The molecule has 0 aromatic heterocycles. The third-order valence-electron chi connectivity index (χ3n) is 2.80. The molecule has 0 spiro atoms. The lowest BCUT2D eigenvalue weighted by atomic mass is 10.1. The van der Waals surface area contributed by atoms with Crippen molar-refractivity contribution in [3.8, 4) is 5.75 Å². The van der Waals surface area contributed by atoms with Crippen molar-refractivity contribution in [3.05, 3.63) is 63.7 Å². The molecule has 8 heteroatoms. The molecular formula is C14H11N3O5. The average Bonchev–Trinajstić information content (AvgIpc) is 2.47. The molecule has 8 nitrogen and oxygen atoms in total. The fourth-order valence-electron chi connectivity index (χ4n) is 1.75. The Balaban J connectivity index is 2.22. The van der Waals surface area contributed by atoms with E-state index in [0.29, 0.717) is 5.69 Å². The van der Waals surface area contributed by atoms with E-state index in [1.165, 1.54) is 36.4 Å². The molecule has 112 valence electrons. The number of carbonyl (C=O) groups excluding carboxylic acids is 2. The van der Waals surface area contributed by atoms with Crippen LogP contribution in [0.2, 0.25) is 0 Å². The number of aromatic hydroxyl groups is 1. The molecule has 2 amide bonds. The summed E-state index contributed by atoms with van der Waals surface area (Å²) in [7, 11) is 0. The minimum absolute atomic E-state index is 0.00569. The van der Waals surface area contributed by atoms with Crippen LogP contribution in [0.5, 0.6) is 5.75 Å². The van der Waals surface area contributed by atoms with E-state index >= 15 is 0 Å². The zero-order chi connectivity index (χ0) is 16.3. The molecule has 2 rings (SSSR count). The standard InChI is InChI=1S/C14H11N3O5/c15-13(19)8-5-9(7-12(18)6-8)14(20)16-10-1-3-11(4-2-10)17(21)22/h1-7,18H,(H2,15,19)(H,16,20). The lowest BCUT2D eigenvalue weighted by molar-refractivity contribution is -0.384. The number of hydrogen-bond donors (Lipinski definition) is 3. The molecule has 2 aromatic rings. The lowest BCUT2D eigenvalue weighted by Gasteiger charge is -2.07. The predicted octanol–water partition coefficient (Wildman–Crippen LogP) is 1.65. The summed E-state index contributed by atoms with van der Waals surface area (Å²) < 4.78 is 0. The fourth-order valence-corrected chi connectivity index (χ4v) is 1.75. The van der Waals surface area contributed by atoms with Crippen LogP contribution >= 0.6 is 0 Å². The van der Waals surface area contributed by atoms with Gasteiger partial charge in [0.2, 0.25) is 5.91 Å². The number of phenols is 1. The number of primary amides is 1. The summed E-state index contributed by atoms with van der Waals surface area (Å²) in [6.07, 6.45) is 0. The molecule has 0 unspecified atom stereocenters. The van der Waals surface area contributed by atoms with Gasteiger partial charge in [0.05, 0.1) is 4.92 Å². The minimum Gasteiger partial charge on any atom is -0.508 e. The first-order valence-electron chi connectivity index (χ1n) is 6.06. The van der Waals surface area contributed by atoms with Gasteiger partial charge >= 0.3 is 0 Å². The van der Waals surface area contributed by atoms with Gasteiger partial charge in [-0.3, -0.25) is 19.7 Å². The molecule has 0 heterocycles. The van der Waals surface area contributed by atoms with E-state index in [2.05, 4.69) is 5.32 Å². The van der Waals surface area contributed by atoms with Crippen LogP contribution in [0.3, 0.4) is 0 Å². The van der Waals surface area contributed by atoms with Crippen molar-refractivity contribution in [2.45, 2.75) is 0 Å². The Morgan fingerprint density at radius 3 is 2.23 bits per heavy atom. The molecule has 0 bridgehead atoms. The maximum absolute atomic E-state index is 12.1. The van der Waals surface area contributed by atoms with Gasteiger partial charge in [0.25, 0.3) is 11.6 Å². The number of nitrogens with zero attached hydrogens (tertiary/aromatic N) is 1. The first-order valence-corrected chi connectivity index (χ1v) is 6.06. The third kappa shape index (κ3) is 3.37. The fraction of sp³-hybridized carbons (Fsp3) is 0. The second kappa shape index (κ2) is 5.92. The monoisotopic (exact) mass is 301 g/mol. The van der Waals surface area contributed by atoms with Crippen LogP contribution in [0.25, 0.3) is 0 Å². The summed E-state index contributed by atoms with van der Waals surface area (Å²) in [6.45, 7) is 0. The number of nitrogens with two attached hydrogens (primary N) is 1. The second-order valence-electron chi connectivity index (χ2n) is 4.39. The Kier molecular flexibility index (Phi) is 4.03. The van der Waals surface area contributed by atoms with Gasteiger partial charge < -0.3 is 16.2 Å². The summed E-state index contributed by atoms with van der Waals surface area (Å²) >= 11 is 0. The first kappa shape index (κ1) is 15.0. The number of amides is 2. The Bertz CT molecular complexity index is 756. The molecule has 0 fully saturated rings. The van der Waals surface area contributed by atoms with Crippen molar-refractivity contribution in [3.63, 3.8) is 0 Å². The number of carbonyl (C=O) groups is 2. The number of nitro groups is 1. The Morgan fingerprint density at radius 2 is 1.68 bits per heavy atom. The summed E-state index contributed by atoms with van der Waals surface area (Å²) in [5, 5.41) is 22.5. The van der Waals surface area contributed by atoms with E-state index < -0.39 is 16.7 Å². The van der Waals surface area contributed by atoms with Gasteiger partial charge in [-0.2, -0.15) is 0 Å². The van der Waals surface area contributed by atoms with Crippen LogP contribution in [0.15, 0.2) is 42.5 Å². The van der Waals surface area contributed by atoms with Gasteiger partial charge in [-0.25, -0.2) is 0 Å². The highest BCUT2D eigenvalue weighted by Crippen LogP contribution is 2.19. The highest BCUT2D eigenvalue weighted by Gasteiger charge is 2.12. The zero-order valence-electron chi connectivity index (χ0n) is 11.1. The topological polar surface area (TPSA) is 136 Å². The summed E-state index contributed by atoms with van der Waals surface area (Å²) in [5.41, 5.74) is 5.36. The van der Waals surface area contributed by atoms with E-state index in [1.807, 2.05) is 0 Å². The van der Waals surface area contributed by atoms with Crippen LogP contribution in [-0.2, 0) is 0 Å². The van der Waals surface area contributed by atoms with Gasteiger partial charge in [0.1, 0.15) is 5.75 Å². The predicted molar refractivity (Wildman–Crippen MR) is 77.7 cm³/mol. The van der Waals surface area contributed by atoms with Gasteiger partial charge in [0, 0.05) is 28.9 Å². The number of rotatable bonds is 4. The van der Waals surface area contributed by atoms with Gasteiger partial charge in [-0.05, 0) is 30.3 Å². The van der Waals surface area contributed by atoms with Gasteiger partial charge in [-0.1, -0.05) is 0 Å². The molecule has 0 aliphatic carbocycles. The molecular weight excluding hydrogens is 290 g/mol. The van der Waals surface area contributed by atoms with Crippen molar-refractivity contribution in [2.24, 2.45) is 5.73 Å². The van der Waals surface area contributed by atoms with Crippen LogP contribution in [0, 0.1) is 10.1 Å². The Morgan fingerprint density at radius 1 is 1.09 bits per heavy atom. The Labute approximate surface area is 124 Å². The van der Waals surface area contributed by atoms with Crippen molar-refractivity contribution >= 4 is 23.2 Å². The number of hydrogen-bond acceptors (Lipinski definition) is 5. The van der Waals surface area contributed by atoms with Gasteiger partial charge in [-0.15, -0.1) is 0 Å². The molecule has 0 aliphatic rings. The van der Waals surface area contributed by atoms with Crippen molar-refractivity contribution < 1.29 is 19.6 Å². The average molecular weight is 301 g/mol. The van der Waals surface area contributed by atoms with Crippen molar-refractivity contribution in [1.82, 2.24) is 0 Å². The number of anilines is 1. The van der Waals surface area contributed by atoms with Crippen molar-refractivity contribution in [2.75, 3.05) is 5.32 Å². The third-order valence-corrected chi connectivity index (χ3v) is 2.80. The highest BCUT2D eigenvalue weighted by molar-refractivity contribution is 6.06. The number of benzene rings is 2. The smallest absolute Gasteiger partial charge is 0.269 e. The largest absolute Gasteiger partial charge is 0.508 e. The summed E-state index contributed by atoms with van der Waals surface area (Å²) in [4.78, 5) is 33.1. The van der Waals surface area contributed by atoms with Crippen LogP contribution in [-0.4, -0.2) is 21.8 Å². The zero-order valence-corrected chi connectivity index (χ0v) is 11.1. The highest BCUT2D eigenvalue weighted by atomic mass is 16.6. The minimum atomic E-state index is -0.778. The number of phenolic OH excluding ortho intramolecular Hbond substituents is 1. The Hall–Kier alpha value is -3.42. The SMILES string of the molecule is NC(=O)c1cc(O)cc(C(=O)Nc2ccc([N+](=O)[O-])cc2)c1. The lowest BCUT2D eigenvalue weighted by Crippen LogP contribution is -2.15. The normalized spacial score (nSPS) is 10.0. The molecule has 0 atom stereocenters. The van der Waals surface area contributed by atoms with Crippen LogP contribution in [0.4, 0.5) is 11.4 Å². The number of nitrogens with one attached hydrogen (secondary N) is 1. The molecule has 0 saturated heterocycles. The second-order valence-corrected chi connectivity index (χ2v) is 4.39. The summed E-state index contributed by atoms with van der Waals surface area (Å²) in [6, 6.07) is 8.78. The van der Waals surface area contributed by atoms with Gasteiger partial charge in [0.15, 0.2) is 0 Å². The maximum atomic E-state index is 12.1. The van der Waals surface area contributed by atoms with Crippen LogP contribution < -0.4 is 11.1 Å². The van der Waals surface area contributed by atoms with E-state index in [0.717, 1.165) is 6.07 Å². The van der Waals surface area contributed by atoms with E-state index in [4.69, 9.17) is 5.73 Å². The van der Waals surface area contributed by atoms with E-state index in [1.54, 1.807) is 0 Å². The van der Waals surface area contributed by atoms with E-state index in [-0.39, 0.29) is 22.6 Å². The molecule has 2 aromatic carbocycles. The van der Waals surface area contributed by atoms with Crippen molar-refractivity contribution in [1.29, 1.82) is 0 Å². The van der Waals surface area contributed by atoms with E-state index in [9.17, 15) is 24.8 Å². The summed E-state index contributed by atoms with van der Waals surface area (Å²) in [5.74, 6) is -1.64. The quantitative estimate of drug-likeness (QED) is 0.582. The van der Waals surface area contributed by atoms with Crippen LogP contribution in [0.1, 0.15) is 20.7 Å². The number of non-ortho nitro benzene ring substituents is 1. The molecule has 0 saturated carbocycles. The first-order chi connectivity index (χ1) is 10.4. The molecule has 22 heavy (non-hydrogen) atoms. The molecule has 0 aliphatic heterocycles. The molecule has 0 radical (unpaired) electrons. The number of nitro benzene ring substituents is 1. The molecule has 4 N–H and O–H groups in total.